The fourth-order valence-electron chi connectivity index (χ4n) is 5.50. The van der Waals surface area contributed by atoms with Crippen molar-refractivity contribution in [3.8, 4) is 17.4 Å². The predicted molar refractivity (Wildman–Crippen MR) is 152 cm³/mol. The lowest BCUT2D eigenvalue weighted by Crippen LogP contribution is -2.26. The first-order valence-electron chi connectivity index (χ1n) is 13.4. The van der Waals surface area contributed by atoms with Crippen LogP contribution in [0.4, 0.5) is 8.78 Å². The first-order valence-corrected chi connectivity index (χ1v) is 13.4. The average molecular weight is 537 g/mol. The molecule has 1 atom stereocenters. The molecule has 2 aliphatic rings. The maximum atomic E-state index is 14.8. The molecule has 0 bridgehead atoms. The van der Waals surface area contributed by atoms with E-state index in [1.165, 1.54) is 6.07 Å². The summed E-state index contributed by atoms with van der Waals surface area (Å²) in [7, 11) is 0. The van der Waals surface area contributed by atoms with Gasteiger partial charge in [-0.15, -0.1) is 0 Å². The SMILES string of the molecule is C.CCOc1ncc(C2=C(c3ccc(O[C@H]4CCN(CCCF)C4)cc3)c3ccc(O)cc3CCC2)cc1F. The highest BCUT2D eigenvalue weighted by Gasteiger charge is 2.25. The van der Waals surface area contributed by atoms with Crippen LogP contribution in [0.5, 0.6) is 17.4 Å². The van der Waals surface area contributed by atoms with Crippen LogP contribution in [-0.2, 0) is 6.42 Å². The standard InChI is InChI=1S/C31H34F2N2O3.CH4/c1-2-37-31-29(33)18-23(19-34-31)27-6-3-5-22-17-24(36)9-12-28(22)30(27)21-7-10-25(11-8-21)38-26-13-16-35(20-26)15-4-14-32;/h7-12,17-19,26,36H,2-6,13-16,20H2,1H3;1H4/t26-;/m0./s1. The Labute approximate surface area is 230 Å². The highest BCUT2D eigenvalue weighted by Crippen LogP contribution is 2.41. The normalized spacial score (nSPS) is 17.4. The van der Waals surface area contributed by atoms with Crippen molar-refractivity contribution in [1.82, 2.24) is 9.88 Å². The number of fused-ring (bicyclic) bond motifs is 1. The molecule has 0 unspecified atom stereocenters. The molecule has 1 aliphatic carbocycles. The van der Waals surface area contributed by atoms with E-state index >= 15 is 0 Å². The molecule has 1 fully saturated rings. The van der Waals surface area contributed by atoms with E-state index in [2.05, 4.69) is 9.88 Å². The molecule has 208 valence electrons. The number of likely N-dealkylation sites (tertiary alicyclic amines) is 1. The van der Waals surface area contributed by atoms with Crippen LogP contribution in [0.3, 0.4) is 0 Å². The number of aromatic hydroxyl groups is 1. The zero-order valence-electron chi connectivity index (χ0n) is 21.8. The fraction of sp³-hybridized carbons (Fsp3) is 0.406. The molecule has 3 aromatic rings. The summed E-state index contributed by atoms with van der Waals surface area (Å²) in [6.07, 6.45) is 5.69. The molecule has 1 aliphatic heterocycles. The van der Waals surface area contributed by atoms with Crippen molar-refractivity contribution in [3.05, 3.63) is 82.8 Å². The van der Waals surface area contributed by atoms with E-state index in [0.29, 0.717) is 13.0 Å². The van der Waals surface area contributed by atoms with Gasteiger partial charge in [0.05, 0.1) is 13.3 Å². The largest absolute Gasteiger partial charge is 0.508 e. The number of allylic oxidation sites excluding steroid dienone is 1. The van der Waals surface area contributed by atoms with Gasteiger partial charge in [-0.05, 0) is 103 Å². The number of aromatic nitrogens is 1. The van der Waals surface area contributed by atoms with Crippen LogP contribution < -0.4 is 9.47 Å². The van der Waals surface area contributed by atoms with Crippen molar-refractivity contribution < 1.29 is 23.4 Å². The lowest BCUT2D eigenvalue weighted by Gasteiger charge is -2.19. The zero-order chi connectivity index (χ0) is 26.5. The monoisotopic (exact) mass is 536 g/mol. The van der Waals surface area contributed by atoms with Crippen LogP contribution in [0, 0.1) is 5.82 Å². The maximum absolute atomic E-state index is 14.8. The van der Waals surface area contributed by atoms with Crippen LogP contribution in [0.25, 0.3) is 11.1 Å². The second-order valence-electron chi connectivity index (χ2n) is 9.89. The second kappa shape index (κ2) is 13.1. The summed E-state index contributed by atoms with van der Waals surface area (Å²) < 4.78 is 38.9. The van der Waals surface area contributed by atoms with Gasteiger partial charge in [-0.25, -0.2) is 9.37 Å². The van der Waals surface area contributed by atoms with Crippen LogP contribution in [0.1, 0.15) is 62.3 Å². The number of rotatable bonds is 9. The zero-order valence-corrected chi connectivity index (χ0v) is 21.8. The summed E-state index contributed by atoms with van der Waals surface area (Å²) in [5.74, 6) is 0.559. The maximum Gasteiger partial charge on any atom is 0.250 e. The van der Waals surface area contributed by atoms with E-state index in [-0.39, 0.29) is 31.8 Å². The molecule has 0 saturated carbocycles. The second-order valence-corrected chi connectivity index (χ2v) is 9.89. The van der Waals surface area contributed by atoms with Crippen molar-refractivity contribution in [1.29, 1.82) is 0 Å². The molecule has 1 N–H and O–H groups in total. The Morgan fingerprint density at radius 3 is 2.64 bits per heavy atom. The molecule has 0 amide bonds. The smallest absolute Gasteiger partial charge is 0.250 e. The summed E-state index contributed by atoms with van der Waals surface area (Å²) in [5.41, 5.74) is 5.82. The minimum Gasteiger partial charge on any atom is -0.508 e. The molecule has 5 rings (SSSR count). The van der Waals surface area contributed by atoms with Crippen LogP contribution in [0.15, 0.2) is 54.7 Å². The number of phenolic OH excluding ortho intramolecular Hbond substituents is 1. The number of phenols is 1. The summed E-state index contributed by atoms with van der Waals surface area (Å²) in [6.45, 7) is 4.36. The Balaban J connectivity index is 0.00000353. The first-order chi connectivity index (χ1) is 18.6. The average Bonchev–Trinajstić information content (AvgIpc) is 3.28. The number of alkyl halides is 1. The van der Waals surface area contributed by atoms with Gasteiger partial charge in [-0.1, -0.05) is 25.6 Å². The molecule has 7 heteroatoms. The third-order valence-corrected chi connectivity index (χ3v) is 7.25. The van der Waals surface area contributed by atoms with E-state index in [9.17, 15) is 13.9 Å². The number of pyridine rings is 1. The van der Waals surface area contributed by atoms with Gasteiger partial charge < -0.3 is 14.6 Å². The molecule has 5 nitrogen and oxygen atoms in total. The molecule has 0 spiro atoms. The lowest BCUT2D eigenvalue weighted by atomic mass is 9.88. The molecule has 39 heavy (non-hydrogen) atoms. The Kier molecular flexibility index (Phi) is 9.57. The molecule has 1 saturated heterocycles. The lowest BCUT2D eigenvalue weighted by molar-refractivity contribution is 0.198. The Morgan fingerprint density at radius 2 is 1.90 bits per heavy atom. The Bertz CT molecular complexity index is 1290. The van der Waals surface area contributed by atoms with E-state index in [1.54, 1.807) is 19.2 Å². The number of ether oxygens (including phenoxy) is 2. The Hall–Kier alpha value is -3.45. The molecule has 2 heterocycles. The van der Waals surface area contributed by atoms with Crippen LogP contribution in [-0.4, -0.2) is 54.0 Å². The van der Waals surface area contributed by atoms with Crippen LogP contribution >= 0.6 is 0 Å². The van der Waals surface area contributed by atoms with Gasteiger partial charge in [-0.2, -0.15) is 0 Å². The summed E-state index contributed by atoms with van der Waals surface area (Å²) in [4.78, 5) is 6.50. The van der Waals surface area contributed by atoms with Gasteiger partial charge in [0.25, 0.3) is 0 Å². The molecule has 0 radical (unpaired) electrons. The van der Waals surface area contributed by atoms with Crippen molar-refractivity contribution in [2.45, 2.75) is 52.6 Å². The van der Waals surface area contributed by atoms with E-state index in [1.807, 2.05) is 36.4 Å². The Morgan fingerprint density at radius 1 is 1.08 bits per heavy atom. The summed E-state index contributed by atoms with van der Waals surface area (Å²) in [5, 5.41) is 10.1. The minimum atomic E-state index is -0.479. The summed E-state index contributed by atoms with van der Waals surface area (Å²) >= 11 is 0. The molecular formula is C32H38F2N2O3. The topological polar surface area (TPSA) is 54.8 Å². The van der Waals surface area contributed by atoms with Gasteiger partial charge in [0.1, 0.15) is 17.6 Å². The predicted octanol–water partition coefficient (Wildman–Crippen LogP) is 7.07. The van der Waals surface area contributed by atoms with E-state index < -0.39 is 5.82 Å². The number of hydrogen-bond acceptors (Lipinski definition) is 5. The van der Waals surface area contributed by atoms with E-state index in [0.717, 1.165) is 84.5 Å². The number of hydrogen-bond donors (Lipinski definition) is 1. The van der Waals surface area contributed by atoms with Gasteiger partial charge in [0.15, 0.2) is 5.82 Å². The minimum absolute atomic E-state index is 0. The number of nitrogens with zero attached hydrogens (tertiary/aromatic N) is 2. The number of benzene rings is 2. The van der Waals surface area contributed by atoms with Gasteiger partial charge in [-0.3, -0.25) is 9.29 Å². The molecule has 2 aromatic carbocycles. The highest BCUT2D eigenvalue weighted by atomic mass is 19.1. The van der Waals surface area contributed by atoms with Gasteiger partial charge in [0.2, 0.25) is 5.88 Å². The molecular weight excluding hydrogens is 498 g/mol. The van der Waals surface area contributed by atoms with Crippen molar-refractivity contribution in [3.63, 3.8) is 0 Å². The molecule has 1 aromatic heterocycles. The van der Waals surface area contributed by atoms with Crippen molar-refractivity contribution in [2.24, 2.45) is 0 Å². The fourth-order valence-corrected chi connectivity index (χ4v) is 5.50. The van der Waals surface area contributed by atoms with Crippen molar-refractivity contribution >= 4 is 11.1 Å². The third-order valence-electron chi connectivity index (χ3n) is 7.25. The van der Waals surface area contributed by atoms with Crippen molar-refractivity contribution in [2.75, 3.05) is 32.9 Å². The first kappa shape index (κ1) is 28.6. The van der Waals surface area contributed by atoms with Gasteiger partial charge >= 0.3 is 0 Å². The number of aryl methyl sites for hydroxylation is 1. The summed E-state index contributed by atoms with van der Waals surface area (Å²) in [6, 6.07) is 15.0. The van der Waals surface area contributed by atoms with E-state index in [4.69, 9.17) is 9.47 Å². The quantitative estimate of drug-likeness (QED) is 0.317. The van der Waals surface area contributed by atoms with Gasteiger partial charge in [0, 0.05) is 25.8 Å². The number of halogens is 2. The highest BCUT2D eigenvalue weighted by molar-refractivity contribution is 6.00. The van der Waals surface area contributed by atoms with Crippen LogP contribution in [0.2, 0.25) is 0 Å². The third kappa shape index (κ3) is 6.59.